The third-order valence-electron chi connectivity index (χ3n) is 5.79. The standard InChI is InChI=1S/C22H23N3O4.C6H10O/c1-28-17-5-3-4-15(10-17)13-24-8-9-25(14-21(24)26)22(27)20-12-16-11-18(29-2)6-7-19(16)23-20;1-4-6(2)5-7-3/h3-7,10-12,23H,8-9,13-14H2,1-2H3;4H,1-2,5H2,3H3. The van der Waals surface area contributed by atoms with Crippen molar-refractivity contribution in [2.24, 2.45) is 0 Å². The van der Waals surface area contributed by atoms with Gasteiger partial charge < -0.3 is 29.0 Å². The summed E-state index contributed by atoms with van der Waals surface area (Å²) in [5.74, 6) is 1.26. The second-order valence-corrected chi connectivity index (χ2v) is 8.33. The molecule has 3 aromatic rings. The van der Waals surface area contributed by atoms with Crippen LogP contribution in [0.4, 0.5) is 0 Å². The predicted molar refractivity (Wildman–Crippen MR) is 140 cm³/mol. The summed E-state index contributed by atoms with van der Waals surface area (Å²) < 4.78 is 15.2. The van der Waals surface area contributed by atoms with Gasteiger partial charge in [0.05, 0.1) is 20.8 Å². The van der Waals surface area contributed by atoms with Crippen LogP contribution in [0.5, 0.6) is 11.5 Å². The molecule has 0 aliphatic carbocycles. The molecule has 0 radical (unpaired) electrons. The summed E-state index contributed by atoms with van der Waals surface area (Å²) in [6.45, 7) is 9.27. The van der Waals surface area contributed by atoms with E-state index in [1.54, 1.807) is 43.3 Å². The lowest BCUT2D eigenvalue weighted by atomic mass is 10.1. The van der Waals surface area contributed by atoms with Crippen LogP contribution in [0.15, 0.2) is 73.3 Å². The molecule has 8 heteroatoms. The van der Waals surface area contributed by atoms with Gasteiger partial charge in [0.15, 0.2) is 0 Å². The van der Waals surface area contributed by atoms with Gasteiger partial charge in [0.25, 0.3) is 5.91 Å². The molecule has 1 aromatic heterocycles. The maximum absolute atomic E-state index is 12.9. The molecule has 190 valence electrons. The predicted octanol–water partition coefficient (Wildman–Crippen LogP) is 4.04. The number of piperazine rings is 1. The normalized spacial score (nSPS) is 13.1. The van der Waals surface area contributed by atoms with Gasteiger partial charge in [-0.05, 0) is 47.5 Å². The number of hydrogen-bond donors (Lipinski definition) is 1. The third-order valence-corrected chi connectivity index (χ3v) is 5.79. The summed E-state index contributed by atoms with van der Waals surface area (Å²) in [7, 11) is 4.86. The van der Waals surface area contributed by atoms with E-state index in [2.05, 4.69) is 18.1 Å². The lowest BCUT2D eigenvalue weighted by Crippen LogP contribution is -2.51. The van der Waals surface area contributed by atoms with Gasteiger partial charge in [-0.1, -0.05) is 31.4 Å². The SMILES string of the molecule is C=CC(=C)COC.COc1cccc(CN2CCN(C(=O)c3cc4cc(OC)ccc4[nH]3)CC2=O)c1. The van der Waals surface area contributed by atoms with Crippen LogP contribution in [0.1, 0.15) is 16.1 Å². The summed E-state index contributed by atoms with van der Waals surface area (Å²) in [5, 5.41) is 0.899. The maximum atomic E-state index is 12.9. The average Bonchev–Trinajstić information content (AvgIpc) is 3.33. The molecule has 0 spiro atoms. The fourth-order valence-electron chi connectivity index (χ4n) is 3.81. The van der Waals surface area contributed by atoms with E-state index in [9.17, 15) is 9.59 Å². The number of amides is 2. The molecular weight excluding hydrogens is 458 g/mol. The van der Waals surface area contributed by atoms with Gasteiger partial charge in [0, 0.05) is 37.6 Å². The minimum absolute atomic E-state index is 0.0646. The summed E-state index contributed by atoms with van der Waals surface area (Å²) >= 11 is 0. The summed E-state index contributed by atoms with van der Waals surface area (Å²) in [4.78, 5) is 32.0. The van der Waals surface area contributed by atoms with Crippen molar-refractivity contribution in [3.8, 4) is 11.5 Å². The molecule has 2 amide bonds. The molecule has 1 saturated heterocycles. The van der Waals surface area contributed by atoms with E-state index in [1.807, 2.05) is 42.5 Å². The molecule has 2 aromatic carbocycles. The fourth-order valence-corrected chi connectivity index (χ4v) is 3.81. The first-order valence-electron chi connectivity index (χ1n) is 11.5. The van der Waals surface area contributed by atoms with E-state index < -0.39 is 0 Å². The molecular formula is C28H33N3O5. The molecule has 4 rings (SSSR count). The smallest absolute Gasteiger partial charge is 0.270 e. The minimum Gasteiger partial charge on any atom is -0.497 e. The molecule has 1 fully saturated rings. The number of nitrogens with one attached hydrogen (secondary N) is 1. The molecule has 0 saturated carbocycles. The second-order valence-electron chi connectivity index (χ2n) is 8.33. The Morgan fingerprint density at radius 1 is 1.06 bits per heavy atom. The van der Waals surface area contributed by atoms with Crippen LogP contribution in [0.3, 0.4) is 0 Å². The molecule has 0 atom stereocenters. The van der Waals surface area contributed by atoms with E-state index >= 15 is 0 Å². The number of methoxy groups -OCH3 is 3. The quantitative estimate of drug-likeness (QED) is 0.481. The van der Waals surface area contributed by atoms with Crippen LogP contribution in [-0.2, 0) is 16.1 Å². The van der Waals surface area contributed by atoms with Crippen molar-refractivity contribution in [2.45, 2.75) is 6.54 Å². The molecule has 1 aliphatic heterocycles. The number of H-pyrrole nitrogens is 1. The van der Waals surface area contributed by atoms with E-state index in [0.29, 0.717) is 31.9 Å². The number of hydrogen-bond acceptors (Lipinski definition) is 5. The van der Waals surface area contributed by atoms with Crippen LogP contribution in [0, 0.1) is 0 Å². The first-order valence-corrected chi connectivity index (χ1v) is 11.5. The zero-order chi connectivity index (χ0) is 26.1. The highest BCUT2D eigenvalue weighted by molar-refractivity contribution is 6.00. The number of rotatable bonds is 8. The number of nitrogens with zero attached hydrogens (tertiary/aromatic N) is 2. The van der Waals surface area contributed by atoms with Gasteiger partial charge in [-0.25, -0.2) is 0 Å². The molecule has 1 aliphatic rings. The number of aromatic amines is 1. The Bertz CT molecular complexity index is 1230. The van der Waals surface area contributed by atoms with Gasteiger partial charge in [-0.3, -0.25) is 9.59 Å². The zero-order valence-corrected chi connectivity index (χ0v) is 21.1. The second kappa shape index (κ2) is 12.6. The van der Waals surface area contributed by atoms with Crippen LogP contribution < -0.4 is 9.47 Å². The Kier molecular flexibility index (Phi) is 9.30. The number of carbonyl (C=O) groups is 2. The minimum atomic E-state index is -0.172. The molecule has 8 nitrogen and oxygen atoms in total. The van der Waals surface area contributed by atoms with Gasteiger partial charge in [-0.2, -0.15) is 0 Å². The van der Waals surface area contributed by atoms with E-state index in [4.69, 9.17) is 14.2 Å². The van der Waals surface area contributed by atoms with Crippen molar-refractivity contribution < 1.29 is 23.8 Å². The molecule has 36 heavy (non-hydrogen) atoms. The van der Waals surface area contributed by atoms with E-state index in [1.165, 1.54) is 0 Å². The third kappa shape index (κ3) is 6.76. The largest absolute Gasteiger partial charge is 0.497 e. The van der Waals surface area contributed by atoms with Gasteiger partial charge >= 0.3 is 0 Å². The van der Waals surface area contributed by atoms with Crippen LogP contribution in [0.25, 0.3) is 10.9 Å². The van der Waals surface area contributed by atoms with Crippen molar-refractivity contribution in [3.05, 3.63) is 84.6 Å². The highest BCUT2D eigenvalue weighted by atomic mass is 16.5. The van der Waals surface area contributed by atoms with Gasteiger partial charge in [-0.15, -0.1) is 0 Å². The Hall–Kier alpha value is -4.04. The number of benzene rings is 2. The monoisotopic (exact) mass is 491 g/mol. The Balaban J connectivity index is 0.000000454. The van der Waals surface area contributed by atoms with Crippen molar-refractivity contribution in [3.63, 3.8) is 0 Å². The van der Waals surface area contributed by atoms with Crippen molar-refractivity contribution in [1.29, 1.82) is 0 Å². The highest BCUT2D eigenvalue weighted by Crippen LogP contribution is 2.23. The zero-order valence-electron chi connectivity index (χ0n) is 21.1. The van der Waals surface area contributed by atoms with E-state index in [0.717, 1.165) is 33.5 Å². The molecule has 0 bridgehead atoms. The topological polar surface area (TPSA) is 84.1 Å². The van der Waals surface area contributed by atoms with Gasteiger partial charge in [0.1, 0.15) is 23.7 Å². The molecule has 2 heterocycles. The first-order chi connectivity index (χ1) is 17.4. The Labute approximate surface area is 211 Å². The highest BCUT2D eigenvalue weighted by Gasteiger charge is 2.28. The first kappa shape index (κ1) is 26.6. The van der Waals surface area contributed by atoms with Crippen LogP contribution >= 0.6 is 0 Å². The Morgan fingerprint density at radius 2 is 1.81 bits per heavy atom. The maximum Gasteiger partial charge on any atom is 0.270 e. The van der Waals surface area contributed by atoms with Crippen molar-refractivity contribution in [1.82, 2.24) is 14.8 Å². The Morgan fingerprint density at radius 3 is 2.44 bits per heavy atom. The van der Waals surface area contributed by atoms with E-state index in [-0.39, 0.29) is 18.4 Å². The fraction of sp³-hybridized carbons (Fsp3) is 0.286. The molecule has 0 unspecified atom stereocenters. The van der Waals surface area contributed by atoms with Crippen LogP contribution in [-0.4, -0.2) is 74.2 Å². The van der Waals surface area contributed by atoms with Gasteiger partial charge in [0.2, 0.25) is 5.91 Å². The van der Waals surface area contributed by atoms with Crippen molar-refractivity contribution >= 4 is 22.7 Å². The number of fused-ring (bicyclic) bond motifs is 1. The average molecular weight is 492 g/mol. The number of ether oxygens (including phenoxy) is 3. The number of aromatic nitrogens is 1. The summed E-state index contributed by atoms with van der Waals surface area (Å²) in [5.41, 5.74) is 3.25. The number of carbonyl (C=O) groups excluding carboxylic acids is 2. The van der Waals surface area contributed by atoms with Crippen molar-refractivity contribution in [2.75, 3.05) is 47.6 Å². The molecule has 1 N–H and O–H groups in total. The van der Waals surface area contributed by atoms with Crippen LogP contribution in [0.2, 0.25) is 0 Å². The lowest BCUT2D eigenvalue weighted by molar-refractivity contribution is -0.135. The summed E-state index contributed by atoms with van der Waals surface area (Å²) in [6, 6.07) is 15.1. The lowest BCUT2D eigenvalue weighted by Gasteiger charge is -2.34. The summed E-state index contributed by atoms with van der Waals surface area (Å²) in [6.07, 6.45) is 1.68.